The Labute approximate surface area is 222 Å². The maximum atomic E-state index is 13.8. The van der Waals surface area contributed by atoms with Crippen molar-refractivity contribution < 1.29 is 4.74 Å². The summed E-state index contributed by atoms with van der Waals surface area (Å²) in [4.78, 5) is 18.7. The molecule has 0 fully saturated rings. The molecule has 5 aromatic rings. The van der Waals surface area contributed by atoms with Gasteiger partial charge in [0.1, 0.15) is 5.75 Å². The zero-order chi connectivity index (χ0) is 26.8. The van der Waals surface area contributed by atoms with Crippen LogP contribution in [0.1, 0.15) is 49.1 Å². The lowest BCUT2D eigenvalue weighted by atomic mass is 9.96. The number of benzene rings is 3. The molecule has 192 valence electrons. The van der Waals surface area contributed by atoms with E-state index in [0.29, 0.717) is 23.3 Å². The van der Waals surface area contributed by atoms with Crippen molar-refractivity contribution in [2.75, 3.05) is 6.61 Å². The number of aromatic nitrogens is 3. The molecule has 2 aromatic heterocycles. The van der Waals surface area contributed by atoms with E-state index in [1.165, 1.54) is 10.2 Å². The third kappa shape index (κ3) is 4.77. The van der Waals surface area contributed by atoms with Gasteiger partial charge in [0.25, 0.3) is 5.56 Å². The first-order chi connectivity index (χ1) is 18.4. The van der Waals surface area contributed by atoms with Crippen molar-refractivity contribution in [2.45, 2.75) is 40.5 Å². The van der Waals surface area contributed by atoms with E-state index in [2.05, 4.69) is 49.6 Å². The van der Waals surface area contributed by atoms with Crippen LogP contribution >= 0.6 is 0 Å². The van der Waals surface area contributed by atoms with Crippen molar-refractivity contribution >= 4 is 17.1 Å². The Kier molecular flexibility index (Phi) is 6.97. The fourth-order valence-corrected chi connectivity index (χ4v) is 4.71. The monoisotopic (exact) mass is 504 g/mol. The van der Waals surface area contributed by atoms with Crippen LogP contribution in [0, 0.1) is 13.8 Å². The lowest BCUT2D eigenvalue weighted by Crippen LogP contribution is -2.21. The molecule has 3 aromatic carbocycles. The summed E-state index contributed by atoms with van der Waals surface area (Å²) in [5, 5.41) is 5.25. The molecule has 2 heterocycles. The van der Waals surface area contributed by atoms with Gasteiger partial charge in [-0.05, 0) is 91.9 Å². The second kappa shape index (κ2) is 10.5. The molecule has 0 aliphatic heterocycles. The van der Waals surface area contributed by atoms with Crippen molar-refractivity contribution in [3.8, 4) is 22.8 Å². The van der Waals surface area contributed by atoms with Crippen LogP contribution in [0.5, 0.6) is 5.75 Å². The average Bonchev–Trinajstić information content (AvgIpc) is 3.37. The van der Waals surface area contributed by atoms with E-state index < -0.39 is 0 Å². The Balaban J connectivity index is 1.71. The summed E-state index contributed by atoms with van der Waals surface area (Å²) in [6, 6.07) is 23.7. The highest BCUT2D eigenvalue weighted by atomic mass is 16.5. The molecule has 5 rings (SSSR count). The summed E-state index contributed by atoms with van der Waals surface area (Å²) in [6.45, 7) is 10.9. The summed E-state index contributed by atoms with van der Waals surface area (Å²) in [7, 11) is 0. The lowest BCUT2D eigenvalue weighted by molar-refractivity contribution is 0.335. The normalized spacial score (nSPS) is 11.6. The van der Waals surface area contributed by atoms with Gasteiger partial charge in [0.2, 0.25) is 0 Å². The maximum Gasteiger partial charge on any atom is 0.282 e. The molecule has 0 aliphatic rings. The molecule has 0 amide bonds. The Bertz CT molecular complexity index is 1710. The Morgan fingerprint density at radius 3 is 2.58 bits per heavy atom. The predicted octanol–water partition coefficient (Wildman–Crippen LogP) is 6.88. The van der Waals surface area contributed by atoms with Crippen LogP contribution < -0.4 is 10.3 Å². The number of hydrogen-bond donors (Lipinski definition) is 0. The van der Waals surface area contributed by atoms with E-state index in [9.17, 15) is 4.79 Å². The van der Waals surface area contributed by atoms with Crippen molar-refractivity contribution in [1.82, 2.24) is 14.2 Å². The van der Waals surface area contributed by atoms with Gasteiger partial charge < -0.3 is 9.30 Å². The van der Waals surface area contributed by atoms with Crippen LogP contribution in [0.2, 0.25) is 0 Å². The number of hydrogen-bond acceptors (Lipinski definition) is 4. The SMILES string of the molecule is CCOc1cc(C)c(-c2nc3ccccc3c(=O)n2N=Cc2cccn2-c2cccc(C)c2)cc1C(C)C. The van der Waals surface area contributed by atoms with Gasteiger partial charge >= 0.3 is 0 Å². The number of para-hydroxylation sites is 1. The average molecular weight is 505 g/mol. The Morgan fingerprint density at radius 2 is 1.82 bits per heavy atom. The zero-order valence-corrected chi connectivity index (χ0v) is 22.5. The summed E-state index contributed by atoms with van der Waals surface area (Å²) in [6.07, 6.45) is 3.71. The highest BCUT2D eigenvalue weighted by Crippen LogP contribution is 2.34. The molecule has 0 radical (unpaired) electrons. The first kappa shape index (κ1) is 25.2. The van der Waals surface area contributed by atoms with E-state index >= 15 is 0 Å². The molecule has 6 heteroatoms. The van der Waals surface area contributed by atoms with Crippen LogP contribution in [0.4, 0.5) is 0 Å². The molecule has 0 saturated carbocycles. The topological polar surface area (TPSA) is 61.4 Å². The fourth-order valence-electron chi connectivity index (χ4n) is 4.71. The summed E-state index contributed by atoms with van der Waals surface area (Å²) in [5.41, 5.74) is 6.37. The van der Waals surface area contributed by atoms with E-state index in [1.807, 2.05) is 62.5 Å². The van der Waals surface area contributed by atoms with Gasteiger partial charge in [0.05, 0.1) is 29.4 Å². The van der Waals surface area contributed by atoms with Crippen LogP contribution in [0.25, 0.3) is 28.0 Å². The first-order valence-electron chi connectivity index (χ1n) is 13.0. The van der Waals surface area contributed by atoms with Gasteiger partial charge in [0, 0.05) is 17.4 Å². The molecule has 0 atom stereocenters. The number of fused-ring (bicyclic) bond motifs is 1. The molecule has 0 aliphatic carbocycles. The number of ether oxygens (including phenoxy) is 1. The standard InChI is InChI=1S/C32H32N4O2/c1-6-38-30-18-23(5)28(19-27(30)21(2)3)31-34-29-15-8-7-14-26(29)32(37)36(31)33-20-25-13-10-16-35(25)24-12-9-11-22(4)17-24/h7-21H,6H2,1-5H3. The van der Waals surface area contributed by atoms with Gasteiger partial charge in [0.15, 0.2) is 5.82 Å². The van der Waals surface area contributed by atoms with E-state index in [-0.39, 0.29) is 11.5 Å². The summed E-state index contributed by atoms with van der Waals surface area (Å²) >= 11 is 0. The fraction of sp³-hybridized carbons (Fsp3) is 0.219. The number of rotatable bonds is 7. The van der Waals surface area contributed by atoms with Crippen LogP contribution in [-0.4, -0.2) is 27.0 Å². The van der Waals surface area contributed by atoms with Gasteiger partial charge in [-0.25, -0.2) is 4.98 Å². The highest BCUT2D eigenvalue weighted by molar-refractivity contribution is 5.82. The van der Waals surface area contributed by atoms with Gasteiger partial charge in [-0.3, -0.25) is 4.79 Å². The van der Waals surface area contributed by atoms with Gasteiger partial charge in [-0.15, -0.1) is 0 Å². The number of nitrogens with zero attached hydrogens (tertiary/aromatic N) is 4. The predicted molar refractivity (Wildman–Crippen MR) is 155 cm³/mol. The Hall–Kier alpha value is -4.45. The van der Waals surface area contributed by atoms with Crippen LogP contribution in [-0.2, 0) is 0 Å². The minimum Gasteiger partial charge on any atom is -0.494 e. The largest absolute Gasteiger partial charge is 0.494 e. The van der Waals surface area contributed by atoms with Crippen molar-refractivity contribution in [3.05, 3.63) is 112 Å². The molecule has 0 bridgehead atoms. The minimum atomic E-state index is -0.213. The highest BCUT2D eigenvalue weighted by Gasteiger charge is 2.18. The van der Waals surface area contributed by atoms with Crippen LogP contribution in [0.15, 0.2) is 88.9 Å². The second-order valence-electron chi connectivity index (χ2n) is 9.75. The van der Waals surface area contributed by atoms with Crippen molar-refractivity contribution in [1.29, 1.82) is 0 Å². The molecule has 0 unspecified atom stereocenters. The molecular formula is C32H32N4O2. The lowest BCUT2D eigenvalue weighted by Gasteiger charge is -2.18. The van der Waals surface area contributed by atoms with Gasteiger partial charge in [-0.1, -0.05) is 38.1 Å². The summed E-state index contributed by atoms with van der Waals surface area (Å²) in [5.74, 6) is 1.59. The molecular weight excluding hydrogens is 472 g/mol. The third-order valence-electron chi connectivity index (χ3n) is 6.64. The van der Waals surface area contributed by atoms with Crippen LogP contribution in [0.3, 0.4) is 0 Å². The van der Waals surface area contributed by atoms with E-state index in [0.717, 1.165) is 33.8 Å². The zero-order valence-electron chi connectivity index (χ0n) is 22.5. The third-order valence-corrected chi connectivity index (χ3v) is 6.64. The minimum absolute atomic E-state index is 0.213. The smallest absolute Gasteiger partial charge is 0.282 e. The quantitative estimate of drug-likeness (QED) is 0.227. The first-order valence-corrected chi connectivity index (χ1v) is 13.0. The van der Waals surface area contributed by atoms with Crippen molar-refractivity contribution in [3.63, 3.8) is 0 Å². The molecule has 38 heavy (non-hydrogen) atoms. The molecule has 0 spiro atoms. The van der Waals surface area contributed by atoms with Gasteiger partial charge in [-0.2, -0.15) is 9.78 Å². The number of aryl methyl sites for hydroxylation is 2. The second-order valence-corrected chi connectivity index (χ2v) is 9.75. The summed E-state index contributed by atoms with van der Waals surface area (Å²) < 4.78 is 9.40. The van der Waals surface area contributed by atoms with E-state index in [4.69, 9.17) is 14.8 Å². The Morgan fingerprint density at radius 1 is 1.00 bits per heavy atom. The van der Waals surface area contributed by atoms with Crippen molar-refractivity contribution in [2.24, 2.45) is 5.10 Å². The van der Waals surface area contributed by atoms with E-state index in [1.54, 1.807) is 12.3 Å². The molecule has 0 saturated heterocycles. The molecule has 0 N–H and O–H groups in total. The maximum absolute atomic E-state index is 13.8. The molecule has 6 nitrogen and oxygen atoms in total.